The molecule has 0 heterocycles. The highest BCUT2D eigenvalue weighted by Crippen LogP contribution is 2.20. The van der Waals surface area contributed by atoms with Gasteiger partial charge in [-0.15, -0.1) is 0 Å². The predicted octanol–water partition coefficient (Wildman–Crippen LogP) is 3.57. The van der Waals surface area contributed by atoms with Gasteiger partial charge in [0.2, 0.25) is 0 Å². The number of anilines is 2. The minimum absolute atomic E-state index is 0.100. The molecule has 0 saturated heterocycles. The molecule has 0 aliphatic rings. The molecule has 2 amide bonds. The van der Waals surface area contributed by atoms with E-state index in [9.17, 15) is 9.59 Å². The third-order valence-electron chi connectivity index (χ3n) is 4.54. The van der Waals surface area contributed by atoms with E-state index < -0.39 is 0 Å². The quantitative estimate of drug-likeness (QED) is 0.766. The smallest absolute Gasteiger partial charge is 0.279 e. The molecule has 2 N–H and O–H groups in total. The number of benzene rings is 2. The Hall–Kier alpha value is -2.66. The van der Waals surface area contributed by atoms with E-state index in [1.54, 1.807) is 0 Å². The number of para-hydroxylation sites is 1. The molecule has 0 aromatic heterocycles. The highest BCUT2D eigenvalue weighted by atomic mass is 16.2. The zero-order valence-corrected chi connectivity index (χ0v) is 17.1. The van der Waals surface area contributed by atoms with Crippen LogP contribution in [0.1, 0.15) is 22.3 Å². The van der Waals surface area contributed by atoms with E-state index in [0.29, 0.717) is 0 Å². The Morgan fingerprint density at radius 3 is 1.93 bits per heavy atom. The van der Waals surface area contributed by atoms with Gasteiger partial charge < -0.3 is 15.1 Å². The van der Waals surface area contributed by atoms with E-state index in [1.165, 1.54) is 0 Å². The van der Waals surface area contributed by atoms with Gasteiger partial charge in [0, 0.05) is 11.4 Å². The van der Waals surface area contributed by atoms with Crippen molar-refractivity contribution in [1.29, 1.82) is 0 Å². The van der Waals surface area contributed by atoms with Crippen LogP contribution in [0.4, 0.5) is 11.4 Å². The molecule has 5 heteroatoms. The Balaban J connectivity index is 1.97. The van der Waals surface area contributed by atoms with Crippen LogP contribution in [0.15, 0.2) is 36.4 Å². The molecular weight excluding hydrogens is 338 g/mol. The van der Waals surface area contributed by atoms with Crippen molar-refractivity contribution >= 4 is 23.2 Å². The molecule has 2 aromatic rings. The lowest BCUT2D eigenvalue weighted by atomic mass is 10.1. The molecule has 0 radical (unpaired) electrons. The maximum atomic E-state index is 12.5. The minimum Gasteiger partial charge on any atom is -0.321 e. The summed E-state index contributed by atoms with van der Waals surface area (Å²) in [5, 5.41) is 5.94. The molecule has 0 saturated carbocycles. The number of carbonyl (C=O) groups is 2. The van der Waals surface area contributed by atoms with Crippen molar-refractivity contribution in [2.75, 3.05) is 37.8 Å². The molecule has 0 aliphatic heterocycles. The maximum absolute atomic E-state index is 12.5. The first-order valence-electron chi connectivity index (χ1n) is 9.12. The summed E-state index contributed by atoms with van der Waals surface area (Å²) in [6.07, 6.45) is 0. The fourth-order valence-electron chi connectivity index (χ4n) is 3.17. The van der Waals surface area contributed by atoms with Crippen LogP contribution in [0.2, 0.25) is 0 Å². The standard InChI is InChI=1S/C22H29N3O2/c1-15-10-11-19(18(4)12-15)23-20(26)13-25(5,6)14-21(27)24-22-16(2)8-7-9-17(22)3/h7-12H,13-14H2,1-6H3,(H-,23,24,26,27)/p+1. The molecule has 2 aromatic carbocycles. The summed E-state index contributed by atoms with van der Waals surface area (Å²) in [5.74, 6) is -0.205. The average molecular weight is 369 g/mol. The largest absolute Gasteiger partial charge is 0.321 e. The number of nitrogens with one attached hydrogen (secondary N) is 2. The van der Waals surface area contributed by atoms with E-state index in [0.717, 1.165) is 33.6 Å². The molecule has 27 heavy (non-hydrogen) atoms. The number of rotatable bonds is 6. The minimum atomic E-state index is -0.105. The van der Waals surface area contributed by atoms with Gasteiger partial charge in [-0.2, -0.15) is 0 Å². The second-order valence-corrected chi connectivity index (χ2v) is 7.93. The lowest BCUT2D eigenvalue weighted by Gasteiger charge is -2.28. The summed E-state index contributed by atoms with van der Waals surface area (Å²) in [5.41, 5.74) is 5.90. The van der Waals surface area contributed by atoms with Crippen molar-refractivity contribution in [3.63, 3.8) is 0 Å². The second-order valence-electron chi connectivity index (χ2n) is 7.93. The van der Waals surface area contributed by atoms with Crippen LogP contribution in [0.5, 0.6) is 0 Å². The molecule has 2 rings (SSSR count). The number of hydrogen-bond acceptors (Lipinski definition) is 2. The summed E-state index contributed by atoms with van der Waals surface area (Å²) >= 11 is 0. The van der Waals surface area contributed by atoms with Gasteiger partial charge in [0.25, 0.3) is 11.8 Å². The van der Waals surface area contributed by atoms with Gasteiger partial charge in [-0.1, -0.05) is 35.9 Å². The van der Waals surface area contributed by atoms with E-state index in [4.69, 9.17) is 0 Å². The summed E-state index contributed by atoms with van der Waals surface area (Å²) in [7, 11) is 3.76. The van der Waals surface area contributed by atoms with Gasteiger partial charge in [0.15, 0.2) is 13.1 Å². The third kappa shape index (κ3) is 5.93. The second kappa shape index (κ2) is 8.35. The predicted molar refractivity (Wildman–Crippen MR) is 111 cm³/mol. The molecule has 0 atom stereocenters. The molecule has 5 nitrogen and oxygen atoms in total. The monoisotopic (exact) mass is 368 g/mol. The van der Waals surface area contributed by atoms with Gasteiger partial charge in [-0.3, -0.25) is 9.59 Å². The molecule has 0 aliphatic carbocycles. The lowest BCUT2D eigenvalue weighted by molar-refractivity contribution is -0.874. The van der Waals surface area contributed by atoms with Crippen LogP contribution < -0.4 is 10.6 Å². The fraction of sp³-hybridized carbons (Fsp3) is 0.364. The van der Waals surface area contributed by atoms with E-state index in [1.807, 2.05) is 78.2 Å². The first-order valence-corrected chi connectivity index (χ1v) is 9.12. The van der Waals surface area contributed by atoms with E-state index in [-0.39, 0.29) is 29.4 Å². The zero-order chi connectivity index (χ0) is 20.2. The van der Waals surface area contributed by atoms with Crippen LogP contribution in [-0.4, -0.2) is 43.5 Å². The highest BCUT2D eigenvalue weighted by molar-refractivity contribution is 5.94. The van der Waals surface area contributed by atoms with Gasteiger partial charge in [-0.25, -0.2) is 0 Å². The van der Waals surface area contributed by atoms with Gasteiger partial charge >= 0.3 is 0 Å². The van der Waals surface area contributed by atoms with Crippen molar-refractivity contribution in [1.82, 2.24) is 0 Å². The zero-order valence-electron chi connectivity index (χ0n) is 17.1. The Morgan fingerprint density at radius 2 is 1.37 bits per heavy atom. The average Bonchev–Trinajstić information content (AvgIpc) is 2.52. The number of aryl methyl sites for hydroxylation is 4. The number of nitrogens with zero attached hydrogens (tertiary/aromatic N) is 1. The molecular formula is C22H30N3O2+. The van der Waals surface area contributed by atoms with Gasteiger partial charge in [0.1, 0.15) is 0 Å². The highest BCUT2D eigenvalue weighted by Gasteiger charge is 2.24. The maximum Gasteiger partial charge on any atom is 0.279 e. The van der Waals surface area contributed by atoms with Crippen LogP contribution in [-0.2, 0) is 9.59 Å². The Morgan fingerprint density at radius 1 is 0.815 bits per heavy atom. The van der Waals surface area contributed by atoms with Crippen LogP contribution >= 0.6 is 0 Å². The number of carbonyl (C=O) groups excluding carboxylic acids is 2. The van der Waals surface area contributed by atoms with E-state index in [2.05, 4.69) is 10.6 Å². The van der Waals surface area contributed by atoms with Gasteiger partial charge in [-0.05, 0) is 50.5 Å². The topological polar surface area (TPSA) is 58.2 Å². The SMILES string of the molecule is Cc1ccc(NC(=O)C[N+](C)(C)CC(=O)Nc2c(C)cccc2C)c(C)c1. The number of amides is 2. The molecule has 0 spiro atoms. The summed E-state index contributed by atoms with van der Waals surface area (Å²) in [4.78, 5) is 25.0. The fourth-order valence-corrected chi connectivity index (χ4v) is 3.17. The summed E-state index contributed by atoms with van der Waals surface area (Å²) in [6.45, 7) is 8.37. The molecule has 144 valence electrons. The van der Waals surface area contributed by atoms with Crippen molar-refractivity contribution in [3.8, 4) is 0 Å². The lowest BCUT2D eigenvalue weighted by Crippen LogP contribution is -2.50. The molecule has 0 unspecified atom stereocenters. The number of hydrogen-bond donors (Lipinski definition) is 2. The van der Waals surface area contributed by atoms with Gasteiger partial charge in [0.05, 0.1) is 14.1 Å². The van der Waals surface area contributed by atoms with Crippen molar-refractivity contribution < 1.29 is 14.1 Å². The van der Waals surface area contributed by atoms with Crippen LogP contribution in [0, 0.1) is 27.7 Å². The number of quaternary nitrogens is 1. The molecule has 0 fully saturated rings. The first kappa shape index (κ1) is 20.6. The Kier molecular flexibility index (Phi) is 6.39. The number of likely N-dealkylation sites (N-methyl/N-ethyl adjacent to an activating group) is 1. The Bertz CT molecular complexity index is 836. The first-order chi connectivity index (χ1) is 12.6. The van der Waals surface area contributed by atoms with Crippen molar-refractivity contribution in [2.24, 2.45) is 0 Å². The third-order valence-corrected chi connectivity index (χ3v) is 4.54. The summed E-state index contributed by atoms with van der Waals surface area (Å²) < 4.78 is 0.271. The Labute approximate surface area is 162 Å². The van der Waals surface area contributed by atoms with Crippen molar-refractivity contribution in [3.05, 3.63) is 58.7 Å². The normalized spacial score (nSPS) is 11.2. The molecule has 0 bridgehead atoms. The van der Waals surface area contributed by atoms with Crippen LogP contribution in [0.3, 0.4) is 0 Å². The van der Waals surface area contributed by atoms with E-state index >= 15 is 0 Å². The summed E-state index contributed by atoms with van der Waals surface area (Å²) in [6, 6.07) is 11.8. The van der Waals surface area contributed by atoms with Crippen molar-refractivity contribution in [2.45, 2.75) is 27.7 Å². The van der Waals surface area contributed by atoms with Crippen LogP contribution in [0.25, 0.3) is 0 Å².